The first kappa shape index (κ1) is 13.3. The van der Waals surface area contributed by atoms with E-state index in [1.807, 2.05) is 0 Å². The van der Waals surface area contributed by atoms with Gasteiger partial charge in [-0.3, -0.25) is 0 Å². The van der Waals surface area contributed by atoms with E-state index in [1.165, 1.54) is 57.2 Å². The molecular weight excluding hydrogens is 242 g/mol. The minimum Gasteiger partial charge on any atom is -0.378 e. The molecule has 3 aliphatic rings. The summed E-state index contributed by atoms with van der Waals surface area (Å²) in [7, 11) is 0. The summed E-state index contributed by atoms with van der Waals surface area (Å²) in [6.45, 7) is 4.26. The third-order valence-electron chi connectivity index (χ3n) is 5.30. The number of hydrogen-bond acceptors (Lipinski definition) is 3. The topological polar surface area (TPSA) is 21.3 Å². The molecule has 3 heteroatoms. The average molecular weight is 269 g/mol. The van der Waals surface area contributed by atoms with Crippen LogP contribution in [0.25, 0.3) is 0 Å². The second-order valence-electron chi connectivity index (χ2n) is 6.22. The summed E-state index contributed by atoms with van der Waals surface area (Å²) in [6, 6.07) is 0.748. The molecule has 1 aliphatic heterocycles. The van der Waals surface area contributed by atoms with Crippen molar-refractivity contribution in [2.24, 2.45) is 5.41 Å². The van der Waals surface area contributed by atoms with Gasteiger partial charge in [0.25, 0.3) is 0 Å². The van der Waals surface area contributed by atoms with Crippen LogP contribution in [0.5, 0.6) is 0 Å². The second kappa shape index (κ2) is 5.72. The van der Waals surface area contributed by atoms with Gasteiger partial charge in [-0.05, 0) is 44.8 Å². The summed E-state index contributed by atoms with van der Waals surface area (Å²) < 4.78 is 5.97. The highest BCUT2D eigenvalue weighted by Crippen LogP contribution is 2.54. The minimum absolute atomic E-state index is 0.513. The van der Waals surface area contributed by atoms with E-state index in [0.717, 1.165) is 17.9 Å². The van der Waals surface area contributed by atoms with Crippen molar-refractivity contribution in [3.8, 4) is 0 Å². The van der Waals surface area contributed by atoms with Gasteiger partial charge in [0, 0.05) is 29.9 Å². The molecule has 3 fully saturated rings. The van der Waals surface area contributed by atoms with Crippen molar-refractivity contribution in [2.45, 2.75) is 69.3 Å². The highest BCUT2D eigenvalue weighted by Gasteiger charge is 2.56. The first-order valence-electron chi connectivity index (χ1n) is 7.82. The maximum Gasteiger partial charge on any atom is 0.0661 e. The monoisotopic (exact) mass is 269 g/mol. The Bertz CT molecular complexity index is 272. The van der Waals surface area contributed by atoms with Gasteiger partial charge >= 0.3 is 0 Å². The Morgan fingerprint density at radius 1 is 1.28 bits per heavy atom. The molecule has 0 aromatic heterocycles. The van der Waals surface area contributed by atoms with Crippen molar-refractivity contribution in [2.75, 3.05) is 18.9 Å². The summed E-state index contributed by atoms with van der Waals surface area (Å²) in [6.07, 6.45) is 10.3. The smallest absolute Gasteiger partial charge is 0.0661 e. The van der Waals surface area contributed by atoms with Crippen LogP contribution in [0.2, 0.25) is 0 Å². The fraction of sp³-hybridized carbons (Fsp3) is 1.00. The lowest BCUT2D eigenvalue weighted by atomic mass is 9.60. The van der Waals surface area contributed by atoms with Crippen LogP contribution >= 0.6 is 11.8 Å². The molecule has 2 nitrogen and oxygen atoms in total. The van der Waals surface area contributed by atoms with E-state index in [0.29, 0.717) is 11.5 Å². The quantitative estimate of drug-likeness (QED) is 0.828. The fourth-order valence-corrected chi connectivity index (χ4v) is 5.47. The van der Waals surface area contributed by atoms with Crippen molar-refractivity contribution in [3.05, 3.63) is 0 Å². The van der Waals surface area contributed by atoms with Crippen molar-refractivity contribution < 1.29 is 4.74 Å². The number of ether oxygens (including phenoxy) is 1. The fourth-order valence-electron chi connectivity index (χ4n) is 4.25. The minimum atomic E-state index is 0.513. The first-order chi connectivity index (χ1) is 8.85. The van der Waals surface area contributed by atoms with Crippen molar-refractivity contribution >= 4 is 11.8 Å². The van der Waals surface area contributed by atoms with Crippen LogP contribution in [-0.4, -0.2) is 36.3 Å². The molecule has 3 unspecified atom stereocenters. The molecule has 18 heavy (non-hydrogen) atoms. The predicted molar refractivity (Wildman–Crippen MR) is 78.2 cm³/mol. The molecule has 3 atom stereocenters. The Balaban J connectivity index is 1.52. The Morgan fingerprint density at radius 3 is 2.78 bits per heavy atom. The standard InChI is InChI=1S/C15H27NOS/c1-2-17-14-10-13(15(14)7-3-4-8-15)16-11-12-6-5-9-18-12/h12-14,16H,2-11H2,1H3. The predicted octanol–water partition coefficient (Wildman–Crippen LogP) is 3.21. The highest BCUT2D eigenvalue weighted by molar-refractivity contribution is 8.00. The van der Waals surface area contributed by atoms with Gasteiger partial charge in [-0.2, -0.15) is 11.8 Å². The lowest BCUT2D eigenvalue weighted by molar-refractivity contribution is -0.130. The van der Waals surface area contributed by atoms with Gasteiger partial charge < -0.3 is 10.1 Å². The number of thioether (sulfide) groups is 1. The van der Waals surface area contributed by atoms with Gasteiger partial charge in [0.05, 0.1) is 6.10 Å². The van der Waals surface area contributed by atoms with E-state index in [-0.39, 0.29) is 0 Å². The molecule has 0 aromatic carbocycles. The molecule has 1 spiro atoms. The molecule has 0 bridgehead atoms. The maximum absolute atomic E-state index is 5.97. The SMILES string of the molecule is CCOC1CC(NCC2CCCS2)C12CCCC2. The maximum atomic E-state index is 5.97. The Kier molecular flexibility index (Phi) is 4.21. The lowest BCUT2D eigenvalue weighted by Crippen LogP contribution is -2.63. The number of rotatable bonds is 5. The van der Waals surface area contributed by atoms with E-state index in [1.54, 1.807) is 0 Å². The van der Waals surface area contributed by atoms with Crippen molar-refractivity contribution in [3.63, 3.8) is 0 Å². The Labute approximate surface area is 116 Å². The second-order valence-corrected chi connectivity index (χ2v) is 7.62. The Morgan fingerprint density at radius 2 is 2.11 bits per heavy atom. The van der Waals surface area contributed by atoms with Crippen LogP contribution in [0.4, 0.5) is 0 Å². The van der Waals surface area contributed by atoms with Gasteiger partial charge in [-0.1, -0.05) is 12.8 Å². The summed E-state index contributed by atoms with van der Waals surface area (Å²) in [5, 5.41) is 4.77. The molecule has 0 radical (unpaired) electrons. The zero-order valence-electron chi connectivity index (χ0n) is 11.6. The van der Waals surface area contributed by atoms with Gasteiger partial charge in [0.1, 0.15) is 0 Å². The molecule has 0 amide bonds. The van der Waals surface area contributed by atoms with Crippen LogP contribution < -0.4 is 5.32 Å². The largest absolute Gasteiger partial charge is 0.378 e. The molecule has 2 saturated carbocycles. The van der Waals surface area contributed by atoms with E-state index in [4.69, 9.17) is 4.74 Å². The first-order valence-corrected chi connectivity index (χ1v) is 8.86. The van der Waals surface area contributed by atoms with Crippen LogP contribution in [-0.2, 0) is 4.74 Å². The molecule has 3 rings (SSSR count). The summed E-state index contributed by atoms with van der Waals surface area (Å²) in [4.78, 5) is 0. The summed E-state index contributed by atoms with van der Waals surface area (Å²) >= 11 is 2.17. The van der Waals surface area contributed by atoms with Gasteiger partial charge in [-0.15, -0.1) is 0 Å². The van der Waals surface area contributed by atoms with Crippen molar-refractivity contribution in [1.29, 1.82) is 0 Å². The number of nitrogens with one attached hydrogen (secondary N) is 1. The zero-order chi connectivity index (χ0) is 12.4. The normalized spacial score (nSPS) is 38.2. The van der Waals surface area contributed by atoms with E-state index >= 15 is 0 Å². The van der Waals surface area contributed by atoms with Gasteiger partial charge in [-0.25, -0.2) is 0 Å². The highest BCUT2D eigenvalue weighted by atomic mass is 32.2. The summed E-state index contributed by atoms with van der Waals surface area (Å²) in [5.41, 5.74) is 0.513. The van der Waals surface area contributed by atoms with Gasteiger partial charge in [0.15, 0.2) is 0 Å². The molecule has 1 heterocycles. The molecule has 104 valence electrons. The van der Waals surface area contributed by atoms with Gasteiger partial charge in [0.2, 0.25) is 0 Å². The van der Waals surface area contributed by atoms with Crippen LogP contribution in [0.1, 0.15) is 51.9 Å². The lowest BCUT2D eigenvalue weighted by Gasteiger charge is -2.54. The Hall–Kier alpha value is 0.270. The van der Waals surface area contributed by atoms with Crippen LogP contribution in [0, 0.1) is 5.41 Å². The van der Waals surface area contributed by atoms with E-state index in [2.05, 4.69) is 24.0 Å². The average Bonchev–Trinajstić information content (AvgIpc) is 3.03. The molecule has 1 N–H and O–H groups in total. The third kappa shape index (κ3) is 2.34. The van der Waals surface area contributed by atoms with Crippen LogP contribution in [0.15, 0.2) is 0 Å². The van der Waals surface area contributed by atoms with E-state index < -0.39 is 0 Å². The summed E-state index contributed by atoms with van der Waals surface area (Å²) in [5.74, 6) is 1.38. The van der Waals surface area contributed by atoms with E-state index in [9.17, 15) is 0 Å². The zero-order valence-corrected chi connectivity index (χ0v) is 12.4. The molecular formula is C15H27NOS. The van der Waals surface area contributed by atoms with Crippen molar-refractivity contribution in [1.82, 2.24) is 5.32 Å². The molecule has 0 aromatic rings. The van der Waals surface area contributed by atoms with Crippen LogP contribution in [0.3, 0.4) is 0 Å². The number of hydrogen-bond donors (Lipinski definition) is 1. The third-order valence-corrected chi connectivity index (χ3v) is 6.70. The molecule has 2 aliphatic carbocycles. The molecule has 1 saturated heterocycles.